The Kier molecular flexibility index (Phi) is 8.22. The van der Waals surface area contributed by atoms with Gasteiger partial charge in [0.15, 0.2) is 11.8 Å². The van der Waals surface area contributed by atoms with E-state index in [9.17, 15) is 0 Å². The molecule has 29 heavy (non-hydrogen) atoms. The Morgan fingerprint density at radius 2 is 2.14 bits per heavy atom. The van der Waals surface area contributed by atoms with Crippen LogP contribution in [0.25, 0.3) is 11.6 Å². The molecule has 2 aromatic rings. The van der Waals surface area contributed by atoms with Gasteiger partial charge in [-0.2, -0.15) is 4.98 Å². The van der Waals surface area contributed by atoms with E-state index in [-0.39, 0.29) is 24.0 Å². The zero-order valence-corrected chi connectivity index (χ0v) is 19.3. The fraction of sp³-hybridized carbons (Fsp3) is 0.600. The molecule has 158 valence electrons. The van der Waals surface area contributed by atoms with Gasteiger partial charge in [-0.3, -0.25) is 14.9 Å². The van der Waals surface area contributed by atoms with Crippen LogP contribution < -0.4 is 5.32 Å². The second-order valence-corrected chi connectivity index (χ2v) is 7.35. The van der Waals surface area contributed by atoms with Gasteiger partial charge < -0.3 is 14.7 Å². The van der Waals surface area contributed by atoms with Crippen molar-refractivity contribution in [1.82, 2.24) is 30.2 Å². The minimum Gasteiger partial charge on any atom is -0.357 e. The maximum Gasteiger partial charge on any atom is 0.276 e. The van der Waals surface area contributed by atoms with E-state index in [2.05, 4.69) is 37.2 Å². The van der Waals surface area contributed by atoms with E-state index in [4.69, 9.17) is 9.52 Å². The molecule has 0 bridgehead atoms. The van der Waals surface area contributed by atoms with Crippen molar-refractivity contribution in [2.75, 3.05) is 39.3 Å². The van der Waals surface area contributed by atoms with Crippen molar-refractivity contribution in [2.45, 2.75) is 38.6 Å². The van der Waals surface area contributed by atoms with Crippen molar-refractivity contribution in [2.24, 2.45) is 4.99 Å². The number of hydrogen-bond donors (Lipinski definition) is 1. The van der Waals surface area contributed by atoms with Gasteiger partial charge in [-0.25, -0.2) is 0 Å². The molecule has 2 aromatic heterocycles. The van der Waals surface area contributed by atoms with Crippen LogP contribution in [0.1, 0.15) is 32.0 Å². The Labute approximate surface area is 189 Å². The summed E-state index contributed by atoms with van der Waals surface area (Å²) in [5.74, 6) is 2.12. The number of aliphatic imine (C=N–C) groups is 1. The quantitative estimate of drug-likeness (QED) is 0.363. The second-order valence-electron chi connectivity index (χ2n) is 7.35. The molecule has 0 radical (unpaired) electrons. The molecular formula is C20H30IN7O. The SMILES string of the molecule is CCNC(=NCCc1noc(-c2ccccn2)n1)N1CCC(N2CCCC2)C1.I. The number of halogens is 1. The van der Waals surface area contributed by atoms with Gasteiger partial charge in [0.05, 0.1) is 0 Å². The Hall–Kier alpha value is -1.75. The molecule has 0 aliphatic carbocycles. The van der Waals surface area contributed by atoms with Gasteiger partial charge in [-0.05, 0) is 51.4 Å². The first-order valence-corrected chi connectivity index (χ1v) is 10.3. The van der Waals surface area contributed by atoms with Crippen LogP contribution in [0, 0.1) is 0 Å². The summed E-state index contributed by atoms with van der Waals surface area (Å²) in [6.07, 6.45) is 6.28. The third-order valence-electron chi connectivity index (χ3n) is 5.40. The topological polar surface area (TPSA) is 82.7 Å². The number of nitrogens with one attached hydrogen (secondary N) is 1. The van der Waals surface area contributed by atoms with Crippen molar-refractivity contribution in [3.05, 3.63) is 30.2 Å². The predicted molar refractivity (Wildman–Crippen MR) is 123 cm³/mol. The first-order valence-electron chi connectivity index (χ1n) is 10.3. The van der Waals surface area contributed by atoms with Crippen LogP contribution in [0.4, 0.5) is 0 Å². The number of guanidine groups is 1. The zero-order valence-electron chi connectivity index (χ0n) is 17.0. The van der Waals surface area contributed by atoms with Gasteiger partial charge in [-0.15, -0.1) is 24.0 Å². The average molecular weight is 511 g/mol. The zero-order chi connectivity index (χ0) is 19.2. The van der Waals surface area contributed by atoms with E-state index in [0.717, 1.165) is 25.6 Å². The molecule has 2 aliphatic heterocycles. The summed E-state index contributed by atoms with van der Waals surface area (Å²) in [7, 11) is 0. The lowest BCUT2D eigenvalue weighted by Gasteiger charge is -2.25. The number of hydrogen-bond acceptors (Lipinski definition) is 6. The van der Waals surface area contributed by atoms with Gasteiger partial charge in [0, 0.05) is 44.8 Å². The van der Waals surface area contributed by atoms with Crippen molar-refractivity contribution < 1.29 is 4.52 Å². The maximum atomic E-state index is 5.32. The fourth-order valence-electron chi connectivity index (χ4n) is 3.98. The number of likely N-dealkylation sites (tertiary alicyclic amines) is 2. The van der Waals surface area contributed by atoms with Gasteiger partial charge in [-0.1, -0.05) is 11.2 Å². The number of aromatic nitrogens is 3. The van der Waals surface area contributed by atoms with Crippen molar-refractivity contribution in [3.63, 3.8) is 0 Å². The summed E-state index contributed by atoms with van der Waals surface area (Å²) >= 11 is 0. The van der Waals surface area contributed by atoms with Crippen LogP contribution in [-0.4, -0.2) is 76.2 Å². The monoisotopic (exact) mass is 511 g/mol. The first-order chi connectivity index (χ1) is 13.8. The van der Waals surface area contributed by atoms with Crippen molar-refractivity contribution in [1.29, 1.82) is 0 Å². The van der Waals surface area contributed by atoms with E-state index >= 15 is 0 Å². The molecule has 2 saturated heterocycles. The lowest BCUT2D eigenvalue weighted by molar-refractivity contribution is 0.249. The molecular weight excluding hydrogens is 481 g/mol. The Morgan fingerprint density at radius 1 is 1.28 bits per heavy atom. The molecule has 2 fully saturated rings. The highest BCUT2D eigenvalue weighted by Gasteiger charge is 2.30. The Morgan fingerprint density at radius 3 is 2.90 bits per heavy atom. The molecule has 9 heteroatoms. The summed E-state index contributed by atoms with van der Waals surface area (Å²) in [6.45, 7) is 8.26. The second kappa shape index (κ2) is 10.9. The number of rotatable bonds is 6. The molecule has 8 nitrogen and oxygen atoms in total. The standard InChI is InChI=1S/C20H29N7O.HI/c1-2-21-20(27-14-9-16(15-27)26-12-5-6-13-26)23-11-8-18-24-19(28-25-18)17-7-3-4-10-22-17;/h3-4,7,10,16H,2,5-6,8-9,11-15H2,1H3,(H,21,23);1H. The largest absolute Gasteiger partial charge is 0.357 e. The van der Waals surface area contributed by atoms with E-state index in [1.54, 1.807) is 6.20 Å². The minimum absolute atomic E-state index is 0. The van der Waals surface area contributed by atoms with E-state index in [1.807, 2.05) is 18.2 Å². The van der Waals surface area contributed by atoms with Crippen LogP contribution in [0.2, 0.25) is 0 Å². The van der Waals surface area contributed by atoms with Crippen LogP contribution in [0.5, 0.6) is 0 Å². The smallest absolute Gasteiger partial charge is 0.276 e. The molecule has 4 heterocycles. The minimum atomic E-state index is 0. The highest BCUT2D eigenvalue weighted by molar-refractivity contribution is 14.0. The first kappa shape index (κ1) is 21.9. The van der Waals surface area contributed by atoms with E-state index in [0.29, 0.717) is 36.4 Å². The summed E-state index contributed by atoms with van der Waals surface area (Å²) in [6, 6.07) is 6.31. The van der Waals surface area contributed by atoms with Crippen LogP contribution in [-0.2, 0) is 6.42 Å². The predicted octanol–water partition coefficient (Wildman–Crippen LogP) is 2.43. The fourth-order valence-corrected chi connectivity index (χ4v) is 3.98. The summed E-state index contributed by atoms with van der Waals surface area (Å²) in [5.41, 5.74) is 0.697. The van der Waals surface area contributed by atoms with E-state index in [1.165, 1.54) is 32.4 Å². The molecule has 0 saturated carbocycles. The maximum absolute atomic E-state index is 5.32. The third kappa shape index (κ3) is 5.65. The highest BCUT2D eigenvalue weighted by Crippen LogP contribution is 2.20. The molecule has 0 aromatic carbocycles. The molecule has 1 N–H and O–H groups in total. The molecule has 0 amide bonds. The average Bonchev–Trinajstić information content (AvgIpc) is 3.49. The van der Waals surface area contributed by atoms with Gasteiger partial charge in [0.2, 0.25) is 0 Å². The summed E-state index contributed by atoms with van der Waals surface area (Å²) < 4.78 is 5.32. The lowest BCUT2D eigenvalue weighted by Crippen LogP contribution is -2.42. The van der Waals surface area contributed by atoms with Gasteiger partial charge in [0.25, 0.3) is 5.89 Å². The Bertz CT molecular complexity index is 776. The Balaban J connectivity index is 0.00000240. The van der Waals surface area contributed by atoms with Crippen molar-refractivity contribution in [3.8, 4) is 11.6 Å². The van der Waals surface area contributed by atoms with E-state index < -0.39 is 0 Å². The lowest BCUT2D eigenvalue weighted by atomic mass is 10.2. The molecule has 0 spiro atoms. The molecule has 4 rings (SSSR count). The number of nitrogens with zero attached hydrogens (tertiary/aromatic N) is 6. The van der Waals surface area contributed by atoms with Crippen LogP contribution >= 0.6 is 24.0 Å². The van der Waals surface area contributed by atoms with Crippen LogP contribution in [0.15, 0.2) is 33.9 Å². The van der Waals surface area contributed by atoms with Gasteiger partial charge >= 0.3 is 0 Å². The number of pyridine rings is 1. The molecule has 1 atom stereocenters. The normalized spacial score (nSPS) is 20.1. The third-order valence-corrected chi connectivity index (χ3v) is 5.40. The molecule has 2 aliphatic rings. The molecule has 1 unspecified atom stereocenters. The summed E-state index contributed by atoms with van der Waals surface area (Å²) in [4.78, 5) is 18.5. The highest BCUT2D eigenvalue weighted by atomic mass is 127. The summed E-state index contributed by atoms with van der Waals surface area (Å²) in [5, 5.41) is 7.50. The van der Waals surface area contributed by atoms with Crippen molar-refractivity contribution >= 4 is 29.9 Å². The van der Waals surface area contributed by atoms with Gasteiger partial charge in [0.1, 0.15) is 5.69 Å². The van der Waals surface area contributed by atoms with Crippen LogP contribution in [0.3, 0.4) is 0 Å².